The summed E-state index contributed by atoms with van der Waals surface area (Å²) in [6.07, 6.45) is 4.31. The van der Waals surface area contributed by atoms with E-state index in [0.717, 1.165) is 16.3 Å². The average molecular weight is 355 g/mol. The van der Waals surface area contributed by atoms with E-state index in [1.54, 1.807) is 14.5 Å². The first-order valence-electron chi connectivity index (χ1n) is 7.56. The Morgan fingerprint density at radius 1 is 1.26 bits per heavy atom. The summed E-state index contributed by atoms with van der Waals surface area (Å²) in [7, 11) is -1.33. The van der Waals surface area contributed by atoms with E-state index < -0.39 is 10.0 Å². The average Bonchev–Trinajstić information content (AvgIpc) is 3.14. The Labute approximate surface area is 140 Å². The van der Waals surface area contributed by atoms with Gasteiger partial charge in [0.05, 0.1) is 28.8 Å². The molecule has 0 saturated carbocycles. The van der Waals surface area contributed by atoms with Crippen LogP contribution in [0.25, 0.3) is 0 Å². The van der Waals surface area contributed by atoms with Crippen molar-refractivity contribution < 1.29 is 8.42 Å². The second-order valence-corrected chi connectivity index (χ2v) is 8.71. The van der Waals surface area contributed by atoms with E-state index in [4.69, 9.17) is 0 Å². The zero-order valence-corrected chi connectivity index (χ0v) is 15.0. The zero-order chi connectivity index (χ0) is 16.4. The van der Waals surface area contributed by atoms with Crippen LogP contribution in [0.15, 0.2) is 17.9 Å². The smallest absolute Gasteiger partial charge is 0.214 e. The van der Waals surface area contributed by atoms with Gasteiger partial charge in [-0.15, -0.1) is 11.3 Å². The molecule has 0 aromatic carbocycles. The lowest BCUT2D eigenvalue weighted by atomic mass is 10.3. The highest BCUT2D eigenvalue weighted by molar-refractivity contribution is 7.89. The molecule has 23 heavy (non-hydrogen) atoms. The molecule has 0 radical (unpaired) electrons. The van der Waals surface area contributed by atoms with Crippen LogP contribution in [0.1, 0.15) is 10.6 Å². The van der Waals surface area contributed by atoms with Gasteiger partial charge >= 0.3 is 0 Å². The molecular formula is C14H21N5O2S2. The number of hydrogen-bond donors (Lipinski definition) is 0. The highest BCUT2D eigenvalue weighted by atomic mass is 32.2. The number of aryl methyl sites for hydroxylation is 3. The Morgan fingerprint density at radius 3 is 2.57 bits per heavy atom. The molecule has 7 nitrogen and oxygen atoms in total. The van der Waals surface area contributed by atoms with Crippen LogP contribution in [0.4, 0.5) is 5.69 Å². The molecule has 0 amide bonds. The molecule has 0 bridgehead atoms. The van der Waals surface area contributed by atoms with Crippen LogP contribution in [0.5, 0.6) is 0 Å². The normalized spacial score (nSPS) is 16.9. The summed E-state index contributed by atoms with van der Waals surface area (Å²) in [5.41, 5.74) is 3.75. The lowest BCUT2D eigenvalue weighted by Gasteiger charge is -2.34. The van der Waals surface area contributed by atoms with E-state index in [2.05, 4.69) is 15.0 Å². The van der Waals surface area contributed by atoms with Crippen LogP contribution in [0, 0.1) is 6.92 Å². The second-order valence-electron chi connectivity index (χ2n) is 5.69. The molecule has 126 valence electrons. The molecule has 2 aromatic heterocycles. The van der Waals surface area contributed by atoms with Crippen molar-refractivity contribution in [1.29, 1.82) is 0 Å². The minimum Gasteiger partial charge on any atom is -0.366 e. The second kappa shape index (κ2) is 6.58. The van der Waals surface area contributed by atoms with Crippen LogP contribution in [0.3, 0.4) is 0 Å². The minimum absolute atomic E-state index is 0.156. The molecule has 1 aliphatic heterocycles. The lowest BCUT2D eigenvalue weighted by molar-refractivity contribution is 0.385. The molecule has 9 heteroatoms. The number of aromatic nitrogens is 3. The SMILES string of the molecule is Cc1ncsc1CCS(=O)(=O)N1CCN(c2cnn(C)c2)CC1. The highest BCUT2D eigenvalue weighted by Crippen LogP contribution is 2.18. The van der Waals surface area contributed by atoms with Crippen molar-refractivity contribution in [1.82, 2.24) is 19.1 Å². The van der Waals surface area contributed by atoms with Crippen LogP contribution >= 0.6 is 11.3 Å². The summed E-state index contributed by atoms with van der Waals surface area (Å²) in [4.78, 5) is 7.40. The van der Waals surface area contributed by atoms with E-state index in [1.165, 1.54) is 11.3 Å². The van der Waals surface area contributed by atoms with Gasteiger partial charge in [0.1, 0.15) is 0 Å². The maximum atomic E-state index is 12.5. The van der Waals surface area contributed by atoms with Crippen molar-refractivity contribution in [3.8, 4) is 0 Å². The topological polar surface area (TPSA) is 71.3 Å². The fraction of sp³-hybridized carbons (Fsp3) is 0.571. The first-order chi connectivity index (χ1) is 11.0. The molecule has 1 aliphatic rings. The van der Waals surface area contributed by atoms with E-state index in [1.807, 2.05) is 26.4 Å². The summed E-state index contributed by atoms with van der Waals surface area (Å²) in [6.45, 7) is 4.37. The van der Waals surface area contributed by atoms with Gasteiger partial charge in [-0.3, -0.25) is 4.68 Å². The lowest BCUT2D eigenvalue weighted by Crippen LogP contribution is -2.49. The molecule has 1 fully saturated rings. The van der Waals surface area contributed by atoms with E-state index in [-0.39, 0.29) is 5.75 Å². The number of sulfonamides is 1. The van der Waals surface area contributed by atoms with Crippen LogP contribution in [-0.2, 0) is 23.5 Å². The molecule has 1 saturated heterocycles. The number of thiazole rings is 1. The molecule has 0 aliphatic carbocycles. The Balaban J connectivity index is 1.56. The highest BCUT2D eigenvalue weighted by Gasteiger charge is 2.27. The molecular weight excluding hydrogens is 334 g/mol. The van der Waals surface area contributed by atoms with Gasteiger partial charge in [0.15, 0.2) is 0 Å². The molecule has 3 heterocycles. The Kier molecular flexibility index (Phi) is 4.69. The summed E-state index contributed by atoms with van der Waals surface area (Å²) < 4.78 is 28.4. The number of anilines is 1. The Bertz CT molecular complexity index is 760. The van der Waals surface area contributed by atoms with Gasteiger partial charge in [0.25, 0.3) is 0 Å². The zero-order valence-electron chi connectivity index (χ0n) is 13.3. The van der Waals surface area contributed by atoms with Crippen molar-refractivity contribution in [2.24, 2.45) is 7.05 Å². The standard InChI is InChI=1S/C14H21N5O2S2/c1-12-14(22-11-15-12)3-8-23(20,21)19-6-4-18(5-7-19)13-9-16-17(2)10-13/h9-11H,3-8H2,1-2H3. The largest absolute Gasteiger partial charge is 0.366 e. The van der Waals surface area contributed by atoms with Gasteiger partial charge in [-0.2, -0.15) is 9.40 Å². The van der Waals surface area contributed by atoms with Crippen molar-refractivity contribution in [3.05, 3.63) is 28.5 Å². The van der Waals surface area contributed by atoms with Crippen molar-refractivity contribution >= 4 is 27.0 Å². The molecule has 0 atom stereocenters. The maximum Gasteiger partial charge on any atom is 0.214 e. The molecule has 3 rings (SSSR count). The summed E-state index contributed by atoms with van der Waals surface area (Å²) in [6, 6.07) is 0. The maximum absolute atomic E-state index is 12.5. The molecule has 0 spiro atoms. The van der Waals surface area contributed by atoms with Crippen molar-refractivity contribution in [2.45, 2.75) is 13.3 Å². The van der Waals surface area contributed by atoms with E-state index in [9.17, 15) is 8.42 Å². The summed E-state index contributed by atoms with van der Waals surface area (Å²) in [5.74, 6) is 0.156. The van der Waals surface area contributed by atoms with Gasteiger partial charge in [0, 0.05) is 44.3 Å². The number of nitrogens with zero attached hydrogens (tertiary/aromatic N) is 5. The minimum atomic E-state index is -3.21. The monoisotopic (exact) mass is 355 g/mol. The Morgan fingerprint density at radius 2 is 2.00 bits per heavy atom. The fourth-order valence-corrected chi connectivity index (χ4v) is 5.06. The predicted octanol–water partition coefficient (Wildman–Crippen LogP) is 0.880. The summed E-state index contributed by atoms with van der Waals surface area (Å²) >= 11 is 1.53. The predicted molar refractivity (Wildman–Crippen MR) is 91.3 cm³/mol. The number of hydrogen-bond acceptors (Lipinski definition) is 6. The third kappa shape index (κ3) is 3.73. The third-order valence-electron chi connectivity index (χ3n) is 4.12. The number of piperazine rings is 1. The third-order valence-corrected chi connectivity index (χ3v) is 6.99. The van der Waals surface area contributed by atoms with Gasteiger partial charge in [-0.1, -0.05) is 0 Å². The first kappa shape index (κ1) is 16.4. The molecule has 2 aromatic rings. The van der Waals surface area contributed by atoms with Crippen molar-refractivity contribution in [2.75, 3.05) is 36.8 Å². The van der Waals surface area contributed by atoms with Gasteiger partial charge in [0.2, 0.25) is 10.0 Å². The van der Waals surface area contributed by atoms with E-state index in [0.29, 0.717) is 32.6 Å². The first-order valence-corrected chi connectivity index (χ1v) is 10.0. The van der Waals surface area contributed by atoms with Crippen molar-refractivity contribution in [3.63, 3.8) is 0 Å². The summed E-state index contributed by atoms with van der Waals surface area (Å²) in [5, 5.41) is 4.16. The van der Waals surface area contributed by atoms with Crippen LogP contribution in [0.2, 0.25) is 0 Å². The van der Waals surface area contributed by atoms with Crippen LogP contribution in [-0.4, -0.2) is 59.4 Å². The molecule has 0 unspecified atom stereocenters. The quantitative estimate of drug-likeness (QED) is 0.796. The van der Waals surface area contributed by atoms with Gasteiger partial charge in [-0.25, -0.2) is 13.4 Å². The molecule has 0 N–H and O–H groups in total. The number of rotatable bonds is 5. The Hall–Kier alpha value is -1.45. The van der Waals surface area contributed by atoms with Gasteiger partial charge < -0.3 is 4.90 Å². The van der Waals surface area contributed by atoms with Crippen LogP contribution < -0.4 is 4.90 Å². The van der Waals surface area contributed by atoms with E-state index >= 15 is 0 Å². The van der Waals surface area contributed by atoms with Gasteiger partial charge in [-0.05, 0) is 13.3 Å². The fourth-order valence-electron chi connectivity index (χ4n) is 2.71.